The fourth-order valence-electron chi connectivity index (χ4n) is 1.63. The SMILES string of the molecule is Cc1cc(F)ccc1C1CC1N. The summed E-state index contributed by atoms with van der Waals surface area (Å²) >= 11 is 0. The third-order valence-corrected chi connectivity index (χ3v) is 2.47. The van der Waals surface area contributed by atoms with Gasteiger partial charge < -0.3 is 5.73 Å². The van der Waals surface area contributed by atoms with Gasteiger partial charge in [0.25, 0.3) is 0 Å². The van der Waals surface area contributed by atoms with E-state index in [4.69, 9.17) is 5.73 Å². The molecule has 1 aromatic carbocycles. The molecule has 2 N–H and O–H groups in total. The Kier molecular flexibility index (Phi) is 1.65. The van der Waals surface area contributed by atoms with Crippen LogP contribution in [0.4, 0.5) is 4.39 Å². The monoisotopic (exact) mass is 165 g/mol. The summed E-state index contributed by atoms with van der Waals surface area (Å²) in [6.07, 6.45) is 1.05. The number of nitrogens with two attached hydrogens (primary N) is 1. The molecule has 1 saturated carbocycles. The summed E-state index contributed by atoms with van der Waals surface area (Å²) in [7, 11) is 0. The predicted molar refractivity (Wildman–Crippen MR) is 46.5 cm³/mol. The maximum absolute atomic E-state index is 12.7. The van der Waals surface area contributed by atoms with Crippen molar-refractivity contribution in [2.45, 2.75) is 25.3 Å². The van der Waals surface area contributed by atoms with E-state index in [1.807, 2.05) is 13.0 Å². The number of halogens is 1. The van der Waals surface area contributed by atoms with Crippen molar-refractivity contribution < 1.29 is 4.39 Å². The molecule has 1 aromatic rings. The molecular formula is C10H12FN. The zero-order valence-electron chi connectivity index (χ0n) is 7.05. The van der Waals surface area contributed by atoms with E-state index in [9.17, 15) is 4.39 Å². The van der Waals surface area contributed by atoms with Gasteiger partial charge in [0.1, 0.15) is 5.82 Å². The molecule has 1 nitrogen and oxygen atoms in total. The van der Waals surface area contributed by atoms with Crippen molar-refractivity contribution in [1.82, 2.24) is 0 Å². The van der Waals surface area contributed by atoms with Gasteiger partial charge in [0.05, 0.1) is 0 Å². The van der Waals surface area contributed by atoms with Gasteiger partial charge in [-0.1, -0.05) is 6.07 Å². The Bertz CT molecular complexity index is 309. The minimum atomic E-state index is -0.162. The smallest absolute Gasteiger partial charge is 0.123 e. The van der Waals surface area contributed by atoms with Crippen molar-refractivity contribution in [2.75, 3.05) is 0 Å². The topological polar surface area (TPSA) is 26.0 Å². The van der Waals surface area contributed by atoms with Crippen LogP contribution in [0.25, 0.3) is 0 Å². The van der Waals surface area contributed by atoms with Gasteiger partial charge in [-0.2, -0.15) is 0 Å². The Balaban J connectivity index is 2.33. The average Bonchev–Trinajstić information content (AvgIpc) is 2.66. The number of benzene rings is 1. The van der Waals surface area contributed by atoms with Crippen molar-refractivity contribution in [2.24, 2.45) is 5.73 Å². The summed E-state index contributed by atoms with van der Waals surface area (Å²) in [4.78, 5) is 0. The van der Waals surface area contributed by atoms with Crippen molar-refractivity contribution in [3.63, 3.8) is 0 Å². The maximum Gasteiger partial charge on any atom is 0.123 e. The summed E-state index contributed by atoms with van der Waals surface area (Å²) in [5, 5.41) is 0. The number of hydrogen-bond acceptors (Lipinski definition) is 1. The van der Waals surface area contributed by atoms with E-state index >= 15 is 0 Å². The van der Waals surface area contributed by atoms with Crippen LogP contribution in [0.1, 0.15) is 23.5 Å². The zero-order valence-corrected chi connectivity index (χ0v) is 7.05. The highest BCUT2D eigenvalue weighted by atomic mass is 19.1. The van der Waals surface area contributed by atoms with Crippen LogP contribution >= 0.6 is 0 Å². The summed E-state index contributed by atoms with van der Waals surface area (Å²) in [5.74, 6) is 0.316. The highest BCUT2D eigenvalue weighted by Crippen LogP contribution is 2.40. The van der Waals surface area contributed by atoms with Crippen molar-refractivity contribution >= 4 is 0 Å². The molecular weight excluding hydrogens is 153 g/mol. The van der Waals surface area contributed by atoms with Gasteiger partial charge in [-0.3, -0.25) is 0 Å². The van der Waals surface area contributed by atoms with Crippen LogP contribution in [-0.2, 0) is 0 Å². The van der Waals surface area contributed by atoms with E-state index in [0.29, 0.717) is 12.0 Å². The van der Waals surface area contributed by atoms with Crippen LogP contribution in [0.3, 0.4) is 0 Å². The van der Waals surface area contributed by atoms with Crippen molar-refractivity contribution in [3.05, 3.63) is 35.1 Å². The van der Waals surface area contributed by atoms with Gasteiger partial charge in [0.15, 0.2) is 0 Å². The normalized spacial score (nSPS) is 27.2. The van der Waals surface area contributed by atoms with Gasteiger partial charge in [0, 0.05) is 12.0 Å². The van der Waals surface area contributed by atoms with Crippen LogP contribution in [0.15, 0.2) is 18.2 Å². The van der Waals surface area contributed by atoms with Crippen LogP contribution in [-0.4, -0.2) is 6.04 Å². The molecule has 0 radical (unpaired) electrons. The molecule has 2 heteroatoms. The van der Waals surface area contributed by atoms with Gasteiger partial charge >= 0.3 is 0 Å². The van der Waals surface area contributed by atoms with Gasteiger partial charge in [-0.05, 0) is 36.6 Å². The molecule has 0 aliphatic heterocycles. The lowest BCUT2D eigenvalue weighted by atomic mass is 10.0. The van der Waals surface area contributed by atoms with Gasteiger partial charge in [0.2, 0.25) is 0 Å². The first-order valence-corrected chi connectivity index (χ1v) is 4.20. The molecule has 1 fully saturated rings. The van der Waals surface area contributed by atoms with Gasteiger partial charge in [-0.25, -0.2) is 4.39 Å². The van der Waals surface area contributed by atoms with Crippen LogP contribution in [0.2, 0.25) is 0 Å². The summed E-state index contributed by atoms with van der Waals surface area (Å²) in [6.45, 7) is 1.93. The minimum absolute atomic E-state index is 0.162. The minimum Gasteiger partial charge on any atom is -0.327 e. The molecule has 2 rings (SSSR count). The first-order valence-electron chi connectivity index (χ1n) is 4.20. The number of aryl methyl sites for hydroxylation is 1. The third-order valence-electron chi connectivity index (χ3n) is 2.47. The van der Waals surface area contributed by atoms with E-state index < -0.39 is 0 Å². The molecule has 0 aromatic heterocycles. The van der Waals surface area contributed by atoms with E-state index in [0.717, 1.165) is 12.0 Å². The maximum atomic E-state index is 12.7. The van der Waals surface area contributed by atoms with E-state index in [1.165, 1.54) is 11.6 Å². The first kappa shape index (κ1) is 7.74. The quantitative estimate of drug-likeness (QED) is 0.676. The second kappa shape index (κ2) is 2.56. The lowest BCUT2D eigenvalue weighted by molar-refractivity contribution is 0.625. The fourth-order valence-corrected chi connectivity index (χ4v) is 1.63. The lowest BCUT2D eigenvalue weighted by Gasteiger charge is -2.03. The molecule has 0 saturated heterocycles. The predicted octanol–water partition coefficient (Wildman–Crippen LogP) is 1.95. The molecule has 0 bridgehead atoms. The standard InChI is InChI=1S/C10H12FN/c1-6-4-7(11)2-3-8(6)9-5-10(9)12/h2-4,9-10H,5,12H2,1H3. The number of hydrogen-bond donors (Lipinski definition) is 1. The number of rotatable bonds is 1. The van der Waals surface area contributed by atoms with E-state index in [1.54, 1.807) is 6.07 Å². The zero-order chi connectivity index (χ0) is 8.72. The summed E-state index contributed by atoms with van der Waals surface area (Å²) in [6, 6.07) is 5.23. The van der Waals surface area contributed by atoms with Crippen molar-refractivity contribution in [3.8, 4) is 0 Å². The molecule has 2 unspecified atom stereocenters. The van der Waals surface area contributed by atoms with E-state index in [-0.39, 0.29) is 5.82 Å². The van der Waals surface area contributed by atoms with Gasteiger partial charge in [-0.15, -0.1) is 0 Å². The lowest BCUT2D eigenvalue weighted by Crippen LogP contribution is -2.02. The second-order valence-corrected chi connectivity index (χ2v) is 3.51. The Morgan fingerprint density at radius 3 is 2.67 bits per heavy atom. The molecule has 0 heterocycles. The second-order valence-electron chi connectivity index (χ2n) is 3.51. The first-order chi connectivity index (χ1) is 5.68. The molecule has 64 valence electrons. The van der Waals surface area contributed by atoms with Crippen LogP contribution in [0, 0.1) is 12.7 Å². The molecule has 2 atom stereocenters. The molecule has 0 spiro atoms. The Hall–Kier alpha value is -0.890. The third kappa shape index (κ3) is 1.23. The Morgan fingerprint density at radius 2 is 2.17 bits per heavy atom. The van der Waals surface area contributed by atoms with Crippen molar-refractivity contribution in [1.29, 1.82) is 0 Å². The fraction of sp³-hybridized carbons (Fsp3) is 0.400. The summed E-state index contributed by atoms with van der Waals surface area (Å²) in [5.41, 5.74) is 7.94. The molecule has 1 aliphatic carbocycles. The highest BCUT2D eigenvalue weighted by Gasteiger charge is 2.35. The van der Waals surface area contributed by atoms with Crippen LogP contribution in [0.5, 0.6) is 0 Å². The summed E-state index contributed by atoms with van der Waals surface area (Å²) < 4.78 is 12.7. The average molecular weight is 165 g/mol. The Labute approximate surface area is 71.4 Å². The molecule has 0 amide bonds. The van der Waals surface area contributed by atoms with Crippen LogP contribution < -0.4 is 5.73 Å². The largest absolute Gasteiger partial charge is 0.327 e. The highest BCUT2D eigenvalue weighted by molar-refractivity contribution is 5.35. The Morgan fingerprint density at radius 1 is 1.50 bits per heavy atom. The molecule has 12 heavy (non-hydrogen) atoms. The molecule has 1 aliphatic rings. The van der Waals surface area contributed by atoms with E-state index in [2.05, 4.69) is 0 Å².